The first kappa shape index (κ1) is 16.2. The van der Waals surface area contributed by atoms with Gasteiger partial charge in [-0.2, -0.15) is 0 Å². The van der Waals surface area contributed by atoms with Crippen LogP contribution in [0.2, 0.25) is 0 Å². The third kappa shape index (κ3) is 3.14. The van der Waals surface area contributed by atoms with Crippen molar-refractivity contribution in [2.24, 2.45) is 5.73 Å². The van der Waals surface area contributed by atoms with Crippen LogP contribution in [0.25, 0.3) is 0 Å². The summed E-state index contributed by atoms with van der Waals surface area (Å²) >= 11 is 1.36. The number of anilines is 1. The normalized spacial score (nSPS) is 18.4. The van der Waals surface area contributed by atoms with Crippen molar-refractivity contribution in [2.75, 3.05) is 37.9 Å². The molecule has 0 bridgehead atoms. The molecule has 1 unspecified atom stereocenters. The molecule has 1 aromatic heterocycles. The van der Waals surface area contributed by atoms with Crippen LogP contribution < -0.4 is 20.1 Å². The van der Waals surface area contributed by atoms with Gasteiger partial charge in [0, 0.05) is 32.2 Å². The number of ether oxygens (including phenoxy) is 2. The number of benzene rings is 1. The molecular formula is C17H20N4O3S. The average molecular weight is 360 g/mol. The second-order valence-corrected chi connectivity index (χ2v) is 7.19. The first-order valence-corrected chi connectivity index (χ1v) is 9.07. The number of aromatic nitrogens is 1. The number of rotatable bonds is 4. The van der Waals surface area contributed by atoms with Gasteiger partial charge in [0.2, 0.25) is 6.79 Å². The SMILES string of the molecule is CC(c1ccc2c(c1)OCO2)N1CCN(c2ncc(C(N)=O)s2)CC1. The Bertz CT molecular complexity index is 786. The van der Waals surface area contributed by atoms with Crippen molar-refractivity contribution in [1.82, 2.24) is 9.88 Å². The number of piperazine rings is 1. The third-order valence-corrected chi connectivity index (χ3v) is 5.82. The molecule has 2 aliphatic heterocycles. The van der Waals surface area contributed by atoms with Crippen LogP contribution in [0.3, 0.4) is 0 Å². The molecule has 1 fully saturated rings. The summed E-state index contributed by atoms with van der Waals surface area (Å²) in [6.07, 6.45) is 1.56. The molecule has 3 heterocycles. The van der Waals surface area contributed by atoms with Gasteiger partial charge in [0.25, 0.3) is 5.91 Å². The lowest BCUT2D eigenvalue weighted by molar-refractivity contribution is 0.100. The van der Waals surface area contributed by atoms with Crippen LogP contribution in [0.5, 0.6) is 11.5 Å². The summed E-state index contributed by atoms with van der Waals surface area (Å²) in [6.45, 7) is 6.12. The maximum Gasteiger partial charge on any atom is 0.260 e. The molecule has 2 N–H and O–H groups in total. The molecule has 1 atom stereocenters. The third-order valence-electron chi connectivity index (χ3n) is 4.75. The van der Waals surface area contributed by atoms with Crippen molar-refractivity contribution >= 4 is 22.4 Å². The van der Waals surface area contributed by atoms with Gasteiger partial charge in [-0.05, 0) is 24.6 Å². The van der Waals surface area contributed by atoms with E-state index in [9.17, 15) is 4.79 Å². The van der Waals surface area contributed by atoms with Crippen LogP contribution in [-0.2, 0) is 0 Å². The van der Waals surface area contributed by atoms with Crippen molar-refractivity contribution in [2.45, 2.75) is 13.0 Å². The first-order valence-electron chi connectivity index (χ1n) is 8.26. The first-order chi connectivity index (χ1) is 12.1. The predicted octanol–water partition coefficient (Wildman–Crippen LogP) is 1.85. The van der Waals surface area contributed by atoms with E-state index in [1.54, 1.807) is 6.20 Å². The highest BCUT2D eigenvalue weighted by Gasteiger charge is 2.25. The molecule has 4 rings (SSSR count). The molecule has 0 aliphatic carbocycles. The van der Waals surface area contributed by atoms with Gasteiger partial charge in [0.1, 0.15) is 4.88 Å². The van der Waals surface area contributed by atoms with Gasteiger partial charge in [-0.25, -0.2) is 4.98 Å². The molecule has 132 valence electrons. The van der Waals surface area contributed by atoms with Gasteiger partial charge in [-0.3, -0.25) is 9.69 Å². The Labute approximate surface area is 150 Å². The molecular weight excluding hydrogens is 340 g/mol. The number of hydrogen-bond acceptors (Lipinski definition) is 7. The predicted molar refractivity (Wildman–Crippen MR) is 95.4 cm³/mol. The summed E-state index contributed by atoms with van der Waals surface area (Å²) in [4.78, 5) is 20.7. The fraction of sp³-hybridized carbons (Fsp3) is 0.412. The van der Waals surface area contributed by atoms with E-state index in [0.717, 1.165) is 42.8 Å². The molecule has 0 saturated carbocycles. The summed E-state index contributed by atoms with van der Waals surface area (Å²) in [6, 6.07) is 6.45. The average Bonchev–Trinajstić information content (AvgIpc) is 3.30. The fourth-order valence-electron chi connectivity index (χ4n) is 3.21. The molecule has 2 aliphatic rings. The number of carbonyl (C=O) groups is 1. The van der Waals surface area contributed by atoms with Crippen molar-refractivity contribution in [3.05, 3.63) is 34.8 Å². The number of nitrogens with two attached hydrogens (primary N) is 1. The minimum absolute atomic E-state index is 0.299. The summed E-state index contributed by atoms with van der Waals surface area (Å²) in [5.74, 6) is 1.22. The van der Waals surface area contributed by atoms with E-state index in [2.05, 4.69) is 33.8 Å². The van der Waals surface area contributed by atoms with Gasteiger partial charge in [0.15, 0.2) is 16.6 Å². The number of primary amides is 1. The summed E-state index contributed by atoms with van der Waals surface area (Å²) < 4.78 is 10.9. The quantitative estimate of drug-likeness (QED) is 0.896. The van der Waals surface area contributed by atoms with Gasteiger partial charge in [0.05, 0.1) is 6.20 Å². The lowest BCUT2D eigenvalue weighted by Crippen LogP contribution is -2.47. The highest BCUT2D eigenvalue weighted by Crippen LogP contribution is 2.35. The van der Waals surface area contributed by atoms with Gasteiger partial charge in [-0.1, -0.05) is 17.4 Å². The second kappa shape index (κ2) is 6.53. The van der Waals surface area contributed by atoms with E-state index in [-0.39, 0.29) is 0 Å². The number of amides is 1. The maximum atomic E-state index is 11.2. The number of fused-ring (bicyclic) bond motifs is 1. The Morgan fingerprint density at radius 1 is 1.24 bits per heavy atom. The van der Waals surface area contributed by atoms with E-state index in [4.69, 9.17) is 15.2 Å². The molecule has 25 heavy (non-hydrogen) atoms. The second-order valence-electron chi connectivity index (χ2n) is 6.18. The molecule has 0 spiro atoms. The largest absolute Gasteiger partial charge is 0.454 e. The van der Waals surface area contributed by atoms with Crippen LogP contribution in [0.4, 0.5) is 5.13 Å². The highest BCUT2D eigenvalue weighted by atomic mass is 32.1. The number of nitrogens with zero attached hydrogens (tertiary/aromatic N) is 3. The zero-order valence-electron chi connectivity index (χ0n) is 14.0. The van der Waals surface area contributed by atoms with Crippen LogP contribution >= 0.6 is 11.3 Å². The summed E-state index contributed by atoms with van der Waals surface area (Å²) in [5.41, 5.74) is 6.53. The molecule has 0 radical (unpaired) electrons. The minimum Gasteiger partial charge on any atom is -0.454 e. The minimum atomic E-state index is -0.418. The molecule has 1 saturated heterocycles. The molecule has 8 heteroatoms. The number of thiazole rings is 1. The Morgan fingerprint density at radius 2 is 2.00 bits per heavy atom. The smallest absolute Gasteiger partial charge is 0.260 e. The Kier molecular flexibility index (Phi) is 4.22. The van der Waals surface area contributed by atoms with Gasteiger partial charge < -0.3 is 20.1 Å². The molecule has 1 amide bonds. The zero-order valence-corrected chi connectivity index (χ0v) is 14.8. The van der Waals surface area contributed by atoms with Crippen molar-refractivity contribution in [3.63, 3.8) is 0 Å². The maximum absolute atomic E-state index is 11.2. The van der Waals surface area contributed by atoms with Crippen LogP contribution in [0.15, 0.2) is 24.4 Å². The Hall–Kier alpha value is -2.32. The van der Waals surface area contributed by atoms with Gasteiger partial charge >= 0.3 is 0 Å². The Morgan fingerprint density at radius 3 is 2.72 bits per heavy atom. The van der Waals surface area contributed by atoms with Crippen molar-refractivity contribution in [1.29, 1.82) is 0 Å². The Balaban J connectivity index is 1.40. The van der Waals surface area contributed by atoms with E-state index in [1.807, 2.05) is 6.07 Å². The molecule has 2 aromatic rings. The highest BCUT2D eigenvalue weighted by molar-refractivity contribution is 7.17. The van der Waals surface area contributed by atoms with Crippen LogP contribution in [0.1, 0.15) is 28.2 Å². The van der Waals surface area contributed by atoms with Crippen LogP contribution in [0, 0.1) is 0 Å². The fourth-order valence-corrected chi connectivity index (χ4v) is 4.03. The molecule has 7 nitrogen and oxygen atoms in total. The summed E-state index contributed by atoms with van der Waals surface area (Å²) in [7, 11) is 0. The van der Waals surface area contributed by atoms with E-state index in [1.165, 1.54) is 16.9 Å². The lowest BCUT2D eigenvalue weighted by Gasteiger charge is -2.38. The molecule has 1 aromatic carbocycles. The van der Waals surface area contributed by atoms with Crippen molar-refractivity contribution in [3.8, 4) is 11.5 Å². The number of carbonyl (C=O) groups excluding carboxylic acids is 1. The number of hydrogen-bond donors (Lipinski definition) is 1. The van der Waals surface area contributed by atoms with E-state index < -0.39 is 5.91 Å². The lowest BCUT2D eigenvalue weighted by atomic mass is 10.1. The van der Waals surface area contributed by atoms with Crippen LogP contribution in [-0.4, -0.2) is 48.8 Å². The van der Waals surface area contributed by atoms with Gasteiger partial charge in [-0.15, -0.1) is 0 Å². The van der Waals surface area contributed by atoms with E-state index in [0.29, 0.717) is 17.7 Å². The van der Waals surface area contributed by atoms with E-state index >= 15 is 0 Å². The van der Waals surface area contributed by atoms with Crippen molar-refractivity contribution < 1.29 is 14.3 Å². The monoisotopic (exact) mass is 360 g/mol. The zero-order chi connectivity index (χ0) is 17.4. The standard InChI is InChI=1S/C17H20N4O3S/c1-11(12-2-3-13-14(8-12)24-10-23-13)20-4-6-21(7-5-20)17-19-9-15(25-17)16(18)22/h2-3,8-9,11H,4-7,10H2,1H3,(H2,18,22). The summed E-state index contributed by atoms with van der Waals surface area (Å²) in [5, 5.41) is 0.865. The topological polar surface area (TPSA) is 80.9 Å².